The van der Waals surface area contributed by atoms with Crippen molar-refractivity contribution < 1.29 is 27.0 Å². The SMILES string of the molecule is Cc1cc(C)c(N2CCOCC2)c(C)c1C/C([O-])=C1/SC=C/C1=N\S(=O)(=O)c1ccc(F)cc1F. The predicted molar refractivity (Wildman–Crippen MR) is 132 cm³/mol. The molecule has 2 aromatic carbocycles. The summed E-state index contributed by atoms with van der Waals surface area (Å²) in [5, 5.41) is 14.9. The first-order chi connectivity index (χ1) is 16.6. The summed E-state index contributed by atoms with van der Waals surface area (Å²) in [5.74, 6) is -2.41. The number of nitrogens with zero attached hydrogens (tertiary/aromatic N) is 2. The molecule has 0 N–H and O–H groups in total. The third-order valence-corrected chi connectivity index (χ3v) is 8.31. The molecule has 1 fully saturated rings. The van der Waals surface area contributed by atoms with Crippen molar-refractivity contribution in [2.24, 2.45) is 4.40 Å². The van der Waals surface area contributed by atoms with E-state index in [0.717, 1.165) is 64.9 Å². The molecule has 2 aromatic rings. The molecule has 0 saturated carbocycles. The number of aryl methyl sites for hydroxylation is 2. The third-order valence-electron chi connectivity index (χ3n) is 6.04. The van der Waals surface area contributed by atoms with Crippen LogP contribution in [0.15, 0.2) is 55.7 Å². The smallest absolute Gasteiger partial charge is 0.285 e. The molecule has 0 atom stereocenters. The van der Waals surface area contributed by atoms with Crippen molar-refractivity contribution >= 4 is 33.2 Å². The lowest BCUT2D eigenvalue weighted by molar-refractivity contribution is -0.305. The molecule has 6 nitrogen and oxygen atoms in total. The van der Waals surface area contributed by atoms with Crippen molar-refractivity contribution in [2.75, 3.05) is 31.2 Å². The molecule has 0 bridgehead atoms. The highest BCUT2D eigenvalue weighted by Crippen LogP contribution is 2.35. The summed E-state index contributed by atoms with van der Waals surface area (Å²) in [4.78, 5) is 1.68. The van der Waals surface area contributed by atoms with Gasteiger partial charge in [0.2, 0.25) is 0 Å². The Morgan fingerprint density at radius 1 is 1.14 bits per heavy atom. The van der Waals surface area contributed by atoms with Gasteiger partial charge in [-0.25, -0.2) is 8.78 Å². The van der Waals surface area contributed by atoms with E-state index < -0.39 is 26.6 Å². The molecule has 10 heteroatoms. The van der Waals surface area contributed by atoms with E-state index in [1.807, 2.05) is 20.8 Å². The van der Waals surface area contributed by atoms with Crippen LogP contribution in [0, 0.1) is 32.4 Å². The second-order valence-electron chi connectivity index (χ2n) is 8.44. The standard InChI is InChI=1S/C25H26F2N2O4S2/c1-15-12-16(2)24(29-7-9-33-10-8-29)17(3)19(15)14-22(30)25-21(6-11-34-25)28-35(31,32)23-5-4-18(26)13-20(23)27/h4-6,11-13,30H,7-10,14H2,1-3H3/p-1/b25-22-,28-21+. The van der Waals surface area contributed by atoms with Gasteiger partial charge in [-0.05, 0) is 73.1 Å². The Morgan fingerprint density at radius 2 is 1.86 bits per heavy atom. The summed E-state index contributed by atoms with van der Waals surface area (Å²) in [5.41, 5.74) is 5.02. The monoisotopic (exact) mass is 519 g/mol. The molecular formula is C25H25F2N2O4S2-. The first-order valence-corrected chi connectivity index (χ1v) is 13.4. The lowest BCUT2D eigenvalue weighted by Gasteiger charge is -2.33. The van der Waals surface area contributed by atoms with Gasteiger partial charge >= 0.3 is 0 Å². The number of halogens is 2. The van der Waals surface area contributed by atoms with Gasteiger partial charge in [0.05, 0.1) is 18.9 Å². The molecule has 0 aliphatic carbocycles. The Kier molecular flexibility index (Phi) is 7.35. The fourth-order valence-electron chi connectivity index (χ4n) is 4.45. The van der Waals surface area contributed by atoms with E-state index in [4.69, 9.17) is 4.74 Å². The molecule has 2 aliphatic heterocycles. The van der Waals surface area contributed by atoms with Gasteiger partial charge in [0.15, 0.2) is 0 Å². The molecule has 0 aromatic heterocycles. The van der Waals surface area contributed by atoms with Crippen LogP contribution in [0.1, 0.15) is 22.3 Å². The van der Waals surface area contributed by atoms with Crippen molar-refractivity contribution in [3.63, 3.8) is 0 Å². The minimum absolute atomic E-state index is 0.0560. The Bertz CT molecular complexity index is 1360. The molecule has 0 spiro atoms. The van der Waals surface area contributed by atoms with E-state index in [2.05, 4.69) is 15.4 Å². The summed E-state index contributed by atoms with van der Waals surface area (Å²) in [7, 11) is -4.48. The lowest BCUT2D eigenvalue weighted by atomic mass is 9.93. The highest BCUT2D eigenvalue weighted by atomic mass is 32.2. The van der Waals surface area contributed by atoms with Crippen LogP contribution in [0.4, 0.5) is 14.5 Å². The normalized spacial score (nSPS) is 19.0. The summed E-state index contributed by atoms with van der Waals surface area (Å²) in [6.45, 7) is 8.82. The molecule has 35 heavy (non-hydrogen) atoms. The second kappa shape index (κ2) is 10.1. The number of allylic oxidation sites excluding steroid dienone is 3. The lowest BCUT2D eigenvalue weighted by Crippen LogP contribution is -2.37. The number of anilines is 1. The van der Waals surface area contributed by atoms with E-state index in [1.165, 1.54) is 6.08 Å². The van der Waals surface area contributed by atoms with Crippen LogP contribution >= 0.6 is 11.8 Å². The largest absolute Gasteiger partial charge is 0.874 e. The van der Waals surface area contributed by atoms with Crippen molar-refractivity contribution in [1.29, 1.82) is 0 Å². The number of morpholine rings is 1. The zero-order valence-electron chi connectivity index (χ0n) is 19.6. The summed E-state index contributed by atoms with van der Waals surface area (Å²) < 4.78 is 61.8. The topological polar surface area (TPSA) is 82.0 Å². The minimum atomic E-state index is -4.48. The summed E-state index contributed by atoms with van der Waals surface area (Å²) >= 11 is 1.08. The molecule has 1 saturated heterocycles. The van der Waals surface area contributed by atoms with Crippen molar-refractivity contribution in [3.05, 3.63) is 80.3 Å². The Balaban J connectivity index is 1.69. The van der Waals surface area contributed by atoms with Crippen LogP contribution in [0.2, 0.25) is 0 Å². The quantitative estimate of drug-likeness (QED) is 0.557. The molecule has 2 aliphatic rings. The van der Waals surface area contributed by atoms with Gasteiger partial charge in [-0.3, -0.25) is 0 Å². The van der Waals surface area contributed by atoms with Crippen LogP contribution in [-0.2, 0) is 21.2 Å². The van der Waals surface area contributed by atoms with Gasteiger partial charge < -0.3 is 14.7 Å². The van der Waals surface area contributed by atoms with Crippen molar-refractivity contribution in [3.8, 4) is 0 Å². The number of rotatable bonds is 5. The van der Waals surface area contributed by atoms with E-state index >= 15 is 0 Å². The van der Waals surface area contributed by atoms with Crippen molar-refractivity contribution in [1.82, 2.24) is 0 Å². The van der Waals surface area contributed by atoms with Gasteiger partial charge in [-0.15, -0.1) is 5.76 Å². The van der Waals surface area contributed by atoms with Gasteiger partial charge in [-0.2, -0.15) is 12.8 Å². The number of sulfonamides is 1. The first kappa shape index (κ1) is 25.4. The number of hydrogen-bond donors (Lipinski definition) is 0. The third kappa shape index (κ3) is 5.29. The molecular weight excluding hydrogens is 494 g/mol. The van der Waals surface area contributed by atoms with E-state index in [0.29, 0.717) is 19.3 Å². The number of ether oxygens (including phenoxy) is 1. The van der Waals surface area contributed by atoms with Crippen LogP contribution in [0.3, 0.4) is 0 Å². The predicted octanol–water partition coefficient (Wildman–Crippen LogP) is 3.93. The maximum atomic E-state index is 14.1. The molecule has 0 unspecified atom stereocenters. The average molecular weight is 520 g/mol. The fourth-order valence-corrected chi connectivity index (χ4v) is 6.33. The Morgan fingerprint density at radius 3 is 2.54 bits per heavy atom. The van der Waals surface area contributed by atoms with Crippen LogP contribution in [0.5, 0.6) is 0 Å². The van der Waals surface area contributed by atoms with Crippen LogP contribution < -0.4 is 10.0 Å². The maximum absolute atomic E-state index is 14.1. The molecule has 0 radical (unpaired) electrons. The Hall–Kier alpha value is -2.69. The van der Waals surface area contributed by atoms with Gasteiger partial charge in [0.1, 0.15) is 16.5 Å². The Labute approximate surface area is 208 Å². The van der Waals surface area contributed by atoms with E-state index in [1.54, 1.807) is 5.41 Å². The fraction of sp³-hybridized carbons (Fsp3) is 0.320. The van der Waals surface area contributed by atoms with Crippen LogP contribution in [-0.4, -0.2) is 40.4 Å². The highest BCUT2D eigenvalue weighted by molar-refractivity contribution is 8.07. The highest BCUT2D eigenvalue weighted by Gasteiger charge is 2.23. The minimum Gasteiger partial charge on any atom is -0.874 e. The second-order valence-corrected chi connectivity index (χ2v) is 10.9. The molecule has 186 valence electrons. The van der Waals surface area contributed by atoms with Crippen molar-refractivity contribution in [2.45, 2.75) is 32.1 Å². The number of benzene rings is 2. The number of hydrogen-bond acceptors (Lipinski definition) is 6. The van der Waals surface area contributed by atoms with Gasteiger partial charge in [-0.1, -0.05) is 17.8 Å². The average Bonchev–Trinajstić information content (AvgIpc) is 3.24. The molecule has 0 amide bonds. The number of thioether (sulfide) groups is 1. The van der Waals surface area contributed by atoms with Crippen LogP contribution in [0.25, 0.3) is 0 Å². The van der Waals surface area contributed by atoms with E-state index in [-0.39, 0.29) is 22.8 Å². The van der Waals surface area contributed by atoms with Gasteiger partial charge in [0.25, 0.3) is 10.0 Å². The summed E-state index contributed by atoms with van der Waals surface area (Å²) in [6, 6.07) is 4.21. The zero-order valence-corrected chi connectivity index (χ0v) is 21.2. The van der Waals surface area contributed by atoms with E-state index in [9.17, 15) is 22.3 Å². The summed E-state index contributed by atoms with van der Waals surface area (Å²) in [6.07, 6.45) is 1.48. The molecule has 4 rings (SSSR count). The van der Waals surface area contributed by atoms with Gasteiger partial charge in [0, 0.05) is 29.7 Å². The zero-order chi connectivity index (χ0) is 25.3. The first-order valence-electron chi connectivity index (χ1n) is 11.0. The maximum Gasteiger partial charge on any atom is 0.285 e. The molecule has 2 heterocycles.